The van der Waals surface area contributed by atoms with Gasteiger partial charge in [0.2, 0.25) is 11.8 Å². The van der Waals surface area contributed by atoms with E-state index in [1.807, 2.05) is 32.9 Å². The van der Waals surface area contributed by atoms with E-state index in [0.29, 0.717) is 34.3 Å². The second-order valence-corrected chi connectivity index (χ2v) is 7.00. The highest BCUT2D eigenvalue weighted by molar-refractivity contribution is 6.33. The first-order valence-corrected chi connectivity index (χ1v) is 9.65. The highest BCUT2D eigenvalue weighted by Crippen LogP contribution is 2.25. The highest BCUT2D eigenvalue weighted by atomic mass is 35.5. The number of rotatable bonds is 9. The maximum Gasteiger partial charge on any atom is 0.243 e. The Labute approximate surface area is 170 Å². The average Bonchev–Trinajstić information content (AvgIpc) is 2.62. The van der Waals surface area contributed by atoms with Gasteiger partial charge in [0, 0.05) is 23.9 Å². The molecule has 6 nitrogen and oxygen atoms in total. The van der Waals surface area contributed by atoms with Crippen LogP contribution in [0.3, 0.4) is 0 Å². The first kappa shape index (κ1) is 21.6. The topological polar surface area (TPSA) is 79.5 Å². The van der Waals surface area contributed by atoms with Gasteiger partial charge in [-0.3, -0.25) is 9.59 Å². The number of benzene rings is 2. The van der Waals surface area contributed by atoms with Crippen LogP contribution in [0.25, 0.3) is 0 Å². The largest absolute Gasteiger partial charge is 0.491 e. The van der Waals surface area contributed by atoms with Gasteiger partial charge in [0.05, 0.1) is 23.4 Å². The van der Waals surface area contributed by atoms with Crippen molar-refractivity contribution in [1.29, 1.82) is 0 Å². The zero-order valence-electron chi connectivity index (χ0n) is 16.3. The molecule has 150 valence electrons. The summed E-state index contributed by atoms with van der Waals surface area (Å²) in [6.45, 7) is 5.86. The number of anilines is 3. The molecule has 2 rings (SSSR count). The summed E-state index contributed by atoms with van der Waals surface area (Å²) in [4.78, 5) is 24.0. The molecule has 0 spiro atoms. The van der Waals surface area contributed by atoms with Crippen LogP contribution in [0.1, 0.15) is 33.6 Å². The van der Waals surface area contributed by atoms with Crippen LogP contribution in [0.4, 0.5) is 17.1 Å². The number of hydrogen-bond acceptors (Lipinski definition) is 4. The Bertz CT molecular complexity index is 824. The Hall–Kier alpha value is -2.73. The van der Waals surface area contributed by atoms with E-state index in [9.17, 15) is 9.59 Å². The Balaban J connectivity index is 1.94. The third kappa shape index (κ3) is 7.12. The molecular weight excluding hydrogens is 378 g/mol. The van der Waals surface area contributed by atoms with Gasteiger partial charge in [-0.05, 0) is 50.6 Å². The SMILES string of the molecule is CCCC(=O)Nc1ccc(Cl)c(NCC(=O)Nc2cccc(OC(C)C)c2)c1. The molecule has 0 aliphatic carbocycles. The Morgan fingerprint density at radius 3 is 2.46 bits per heavy atom. The van der Waals surface area contributed by atoms with E-state index in [1.165, 1.54) is 0 Å². The number of nitrogens with one attached hydrogen (secondary N) is 3. The average molecular weight is 404 g/mol. The van der Waals surface area contributed by atoms with Crippen LogP contribution >= 0.6 is 11.6 Å². The van der Waals surface area contributed by atoms with Crippen LogP contribution in [-0.2, 0) is 9.59 Å². The maximum absolute atomic E-state index is 12.3. The summed E-state index contributed by atoms with van der Waals surface area (Å²) in [6.07, 6.45) is 1.28. The van der Waals surface area contributed by atoms with E-state index in [-0.39, 0.29) is 24.5 Å². The van der Waals surface area contributed by atoms with Gasteiger partial charge in [-0.1, -0.05) is 24.6 Å². The second kappa shape index (κ2) is 10.6. The third-order valence-electron chi connectivity index (χ3n) is 3.66. The van der Waals surface area contributed by atoms with Gasteiger partial charge in [0.1, 0.15) is 5.75 Å². The van der Waals surface area contributed by atoms with E-state index in [2.05, 4.69) is 16.0 Å². The monoisotopic (exact) mass is 403 g/mol. The first-order chi connectivity index (χ1) is 13.4. The molecule has 0 aliphatic heterocycles. The van der Waals surface area contributed by atoms with Crippen molar-refractivity contribution >= 4 is 40.5 Å². The lowest BCUT2D eigenvalue weighted by Gasteiger charge is -2.13. The van der Waals surface area contributed by atoms with Crippen LogP contribution < -0.4 is 20.7 Å². The minimum Gasteiger partial charge on any atom is -0.491 e. The summed E-state index contributed by atoms with van der Waals surface area (Å²) < 4.78 is 5.62. The minimum absolute atomic E-state index is 0.0291. The molecule has 0 aromatic heterocycles. The zero-order valence-corrected chi connectivity index (χ0v) is 17.1. The van der Waals surface area contributed by atoms with Crippen molar-refractivity contribution in [2.24, 2.45) is 0 Å². The smallest absolute Gasteiger partial charge is 0.243 e. The lowest BCUT2D eigenvalue weighted by atomic mass is 10.2. The fourth-order valence-corrected chi connectivity index (χ4v) is 2.67. The number of hydrogen-bond donors (Lipinski definition) is 3. The Kier molecular flexibility index (Phi) is 8.14. The summed E-state index contributed by atoms with van der Waals surface area (Å²) in [7, 11) is 0. The maximum atomic E-state index is 12.3. The predicted molar refractivity (Wildman–Crippen MR) is 114 cm³/mol. The van der Waals surface area contributed by atoms with Gasteiger partial charge in [-0.15, -0.1) is 0 Å². The summed E-state index contributed by atoms with van der Waals surface area (Å²) in [6, 6.07) is 12.3. The minimum atomic E-state index is -0.224. The summed E-state index contributed by atoms with van der Waals surface area (Å²) >= 11 is 6.18. The van der Waals surface area contributed by atoms with E-state index in [1.54, 1.807) is 30.3 Å². The summed E-state index contributed by atoms with van der Waals surface area (Å²) in [5, 5.41) is 9.09. The number of halogens is 1. The van der Waals surface area contributed by atoms with E-state index in [0.717, 1.165) is 6.42 Å². The van der Waals surface area contributed by atoms with Gasteiger partial charge in [0.25, 0.3) is 0 Å². The molecule has 3 N–H and O–H groups in total. The molecule has 0 saturated heterocycles. The molecule has 0 bridgehead atoms. The van der Waals surface area contributed by atoms with Crippen LogP contribution in [-0.4, -0.2) is 24.5 Å². The molecule has 0 atom stereocenters. The number of carbonyl (C=O) groups excluding carboxylic acids is 2. The molecule has 0 unspecified atom stereocenters. The summed E-state index contributed by atoms with van der Waals surface area (Å²) in [5.41, 5.74) is 1.85. The number of carbonyl (C=O) groups is 2. The molecule has 0 saturated carbocycles. The van der Waals surface area contributed by atoms with E-state index < -0.39 is 0 Å². The lowest BCUT2D eigenvalue weighted by molar-refractivity contribution is -0.116. The molecule has 28 heavy (non-hydrogen) atoms. The quantitative estimate of drug-likeness (QED) is 0.555. The number of amides is 2. The zero-order chi connectivity index (χ0) is 20.5. The van der Waals surface area contributed by atoms with Gasteiger partial charge < -0.3 is 20.7 Å². The Morgan fingerprint density at radius 2 is 1.75 bits per heavy atom. The van der Waals surface area contributed by atoms with Crippen LogP contribution in [0.2, 0.25) is 5.02 Å². The van der Waals surface area contributed by atoms with Gasteiger partial charge in [0.15, 0.2) is 0 Å². The van der Waals surface area contributed by atoms with Crippen LogP contribution in [0.5, 0.6) is 5.75 Å². The summed E-state index contributed by atoms with van der Waals surface area (Å²) in [5.74, 6) is 0.412. The molecule has 2 aromatic carbocycles. The predicted octanol–water partition coefficient (Wildman–Crippen LogP) is 4.92. The fraction of sp³-hybridized carbons (Fsp3) is 0.333. The molecule has 0 aliphatic rings. The van der Waals surface area contributed by atoms with Crippen LogP contribution in [0, 0.1) is 0 Å². The molecule has 0 radical (unpaired) electrons. The van der Waals surface area contributed by atoms with Crippen molar-refractivity contribution in [3.8, 4) is 5.75 Å². The van der Waals surface area contributed by atoms with Gasteiger partial charge in [-0.25, -0.2) is 0 Å². The second-order valence-electron chi connectivity index (χ2n) is 6.59. The standard InChI is InChI=1S/C21H26ClN3O3/c1-4-6-20(26)24-16-9-10-18(22)19(12-16)23-13-21(27)25-15-7-5-8-17(11-15)28-14(2)3/h5,7-12,14,23H,4,6,13H2,1-3H3,(H,24,26)(H,25,27). The third-order valence-corrected chi connectivity index (χ3v) is 3.99. The van der Waals surface area contributed by atoms with E-state index >= 15 is 0 Å². The highest BCUT2D eigenvalue weighted by Gasteiger charge is 2.08. The normalized spacial score (nSPS) is 10.5. The molecule has 2 aromatic rings. The van der Waals surface area contributed by atoms with Crippen molar-refractivity contribution in [2.45, 2.75) is 39.7 Å². The van der Waals surface area contributed by atoms with Crippen molar-refractivity contribution in [3.63, 3.8) is 0 Å². The lowest BCUT2D eigenvalue weighted by Crippen LogP contribution is -2.22. The van der Waals surface area contributed by atoms with E-state index in [4.69, 9.17) is 16.3 Å². The Morgan fingerprint density at radius 1 is 1.04 bits per heavy atom. The van der Waals surface area contributed by atoms with Crippen molar-refractivity contribution in [2.75, 3.05) is 22.5 Å². The van der Waals surface area contributed by atoms with Crippen molar-refractivity contribution in [1.82, 2.24) is 0 Å². The van der Waals surface area contributed by atoms with Gasteiger partial charge in [-0.2, -0.15) is 0 Å². The number of ether oxygens (including phenoxy) is 1. The first-order valence-electron chi connectivity index (χ1n) is 9.27. The molecule has 7 heteroatoms. The van der Waals surface area contributed by atoms with Gasteiger partial charge >= 0.3 is 0 Å². The molecule has 2 amide bonds. The molecular formula is C21H26ClN3O3. The van der Waals surface area contributed by atoms with Crippen molar-refractivity contribution < 1.29 is 14.3 Å². The fourth-order valence-electron chi connectivity index (χ4n) is 2.49. The van der Waals surface area contributed by atoms with Crippen molar-refractivity contribution in [3.05, 3.63) is 47.5 Å². The van der Waals surface area contributed by atoms with Crippen LogP contribution in [0.15, 0.2) is 42.5 Å². The molecule has 0 fully saturated rings. The molecule has 0 heterocycles.